The fourth-order valence-electron chi connectivity index (χ4n) is 1.97. The number of hydrogen-bond donors (Lipinski definition) is 0. The molecule has 0 fully saturated rings. The molecular formula is C16H16O2. The fourth-order valence-corrected chi connectivity index (χ4v) is 1.97. The molecule has 0 heterocycles. The predicted molar refractivity (Wildman–Crippen MR) is 71.7 cm³/mol. The maximum absolute atomic E-state index is 12.4. The highest BCUT2D eigenvalue weighted by Crippen LogP contribution is 2.21. The molecule has 1 unspecified atom stereocenters. The van der Waals surface area contributed by atoms with E-state index in [0.717, 1.165) is 11.1 Å². The van der Waals surface area contributed by atoms with E-state index in [0.29, 0.717) is 5.56 Å². The Balaban J connectivity index is 2.32. The molecule has 0 aliphatic carbocycles. The van der Waals surface area contributed by atoms with Gasteiger partial charge in [-0.1, -0.05) is 54.1 Å². The van der Waals surface area contributed by atoms with Crippen LogP contribution < -0.4 is 0 Å². The molecule has 18 heavy (non-hydrogen) atoms. The maximum atomic E-state index is 12.4. The molecule has 0 bridgehead atoms. The van der Waals surface area contributed by atoms with Crippen molar-refractivity contribution in [2.45, 2.75) is 13.0 Å². The number of carbonyl (C=O) groups excluding carboxylic acids is 1. The Bertz CT molecular complexity index is 532. The van der Waals surface area contributed by atoms with Crippen LogP contribution in [0, 0.1) is 6.92 Å². The van der Waals surface area contributed by atoms with Crippen molar-refractivity contribution in [3.05, 3.63) is 71.3 Å². The summed E-state index contributed by atoms with van der Waals surface area (Å²) in [6.45, 7) is 1.97. The Morgan fingerprint density at radius 2 is 1.78 bits per heavy atom. The molecule has 2 rings (SSSR count). The Hall–Kier alpha value is -1.93. The first-order valence-electron chi connectivity index (χ1n) is 5.91. The minimum Gasteiger partial charge on any atom is -0.369 e. The topological polar surface area (TPSA) is 26.3 Å². The zero-order chi connectivity index (χ0) is 13.0. The van der Waals surface area contributed by atoms with E-state index < -0.39 is 6.10 Å². The molecule has 0 aromatic heterocycles. The van der Waals surface area contributed by atoms with Crippen molar-refractivity contribution in [2.75, 3.05) is 7.11 Å². The second kappa shape index (κ2) is 5.61. The van der Waals surface area contributed by atoms with Crippen LogP contribution in [0.4, 0.5) is 0 Å². The van der Waals surface area contributed by atoms with E-state index in [1.165, 1.54) is 0 Å². The minimum absolute atomic E-state index is 0.00704. The van der Waals surface area contributed by atoms with Gasteiger partial charge < -0.3 is 4.74 Å². The summed E-state index contributed by atoms with van der Waals surface area (Å²) in [7, 11) is 1.56. The summed E-state index contributed by atoms with van der Waals surface area (Å²) in [5, 5.41) is 0. The van der Waals surface area contributed by atoms with Crippen LogP contribution in [0.1, 0.15) is 27.6 Å². The van der Waals surface area contributed by atoms with Crippen LogP contribution in [0.15, 0.2) is 54.6 Å². The fraction of sp³-hybridized carbons (Fsp3) is 0.188. The van der Waals surface area contributed by atoms with Gasteiger partial charge in [0.2, 0.25) is 0 Å². The Kier molecular flexibility index (Phi) is 3.90. The highest BCUT2D eigenvalue weighted by atomic mass is 16.5. The van der Waals surface area contributed by atoms with Gasteiger partial charge in [-0.25, -0.2) is 0 Å². The van der Waals surface area contributed by atoms with Gasteiger partial charge in [0.1, 0.15) is 6.10 Å². The highest BCUT2D eigenvalue weighted by molar-refractivity contribution is 6.00. The summed E-state index contributed by atoms with van der Waals surface area (Å²) in [4.78, 5) is 12.4. The number of ether oxygens (including phenoxy) is 1. The number of Topliss-reactive ketones (excluding diaryl/α,β-unsaturated/α-hetero) is 1. The molecule has 1 atom stereocenters. The molecule has 0 N–H and O–H groups in total. The molecule has 0 saturated heterocycles. The third kappa shape index (κ3) is 2.66. The second-order valence-electron chi connectivity index (χ2n) is 4.26. The van der Waals surface area contributed by atoms with E-state index in [9.17, 15) is 4.79 Å². The second-order valence-corrected chi connectivity index (χ2v) is 4.26. The number of ketones is 1. The van der Waals surface area contributed by atoms with Crippen molar-refractivity contribution in [3.63, 3.8) is 0 Å². The van der Waals surface area contributed by atoms with Crippen molar-refractivity contribution < 1.29 is 9.53 Å². The van der Waals surface area contributed by atoms with Gasteiger partial charge in [0.25, 0.3) is 0 Å². The standard InChI is InChI=1S/C16H16O2/c1-12-7-6-10-14(11-12)15(17)16(18-2)13-8-4-3-5-9-13/h3-11,16H,1-2H3. The summed E-state index contributed by atoms with van der Waals surface area (Å²) in [5.41, 5.74) is 2.64. The summed E-state index contributed by atoms with van der Waals surface area (Å²) >= 11 is 0. The van der Waals surface area contributed by atoms with E-state index in [2.05, 4.69) is 0 Å². The molecule has 0 saturated carbocycles. The lowest BCUT2D eigenvalue weighted by Gasteiger charge is -2.14. The van der Waals surface area contributed by atoms with E-state index in [1.54, 1.807) is 7.11 Å². The smallest absolute Gasteiger partial charge is 0.196 e. The average molecular weight is 240 g/mol. The number of rotatable bonds is 4. The number of hydrogen-bond acceptors (Lipinski definition) is 2. The van der Waals surface area contributed by atoms with E-state index in [-0.39, 0.29) is 5.78 Å². The van der Waals surface area contributed by atoms with Crippen molar-refractivity contribution in [1.29, 1.82) is 0 Å². The van der Waals surface area contributed by atoms with Crippen molar-refractivity contribution in [2.24, 2.45) is 0 Å². The van der Waals surface area contributed by atoms with Gasteiger partial charge in [0.05, 0.1) is 0 Å². The van der Waals surface area contributed by atoms with Crippen LogP contribution in [0.2, 0.25) is 0 Å². The summed E-state index contributed by atoms with van der Waals surface area (Å²) in [5.74, 6) is -0.00704. The Labute approximate surface area is 107 Å². The van der Waals surface area contributed by atoms with E-state index >= 15 is 0 Å². The van der Waals surface area contributed by atoms with Gasteiger partial charge in [-0.2, -0.15) is 0 Å². The molecule has 0 amide bonds. The van der Waals surface area contributed by atoms with Crippen molar-refractivity contribution in [3.8, 4) is 0 Å². The number of carbonyl (C=O) groups is 1. The lowest BCUT2D eigenvalue weighted by molar-refractivity contribution is 0.0604. The summed E-state index contributed by atoms with van der Waals surface area (Å²) in [6.07, 6.45) is -0.534. The molecule has 0 radical (unpaired) electrons. The third-order valence-corrected chi connectivity index (χ3v) is 2.88. The van der Waals surface area contributed by atoms with E-state index in [1.807, 2.05) is 61.5 Å². The van der Waals surface area contributed by atoms with Crippen molar-refractivity contribution in [1.82, 2.24) is 0 Å². The zero-order valence-corrected chi connectivity index (χ0v) is 10.6. The minimum atomic E-state index is -0.534. The quantitative estimate of drug-likeness (QED) is 0.764. The highest BCUT2D eigenvalue weighted by Gasteiger charge is 2.21. The van der Waals surface area contributed by atoms with Crippen LogP contribution in [0.25, 0.3) is 0 Å². The first kappa shape index (κ1) is 12.5. The number of methoxy groups -OCH3 is 1. The molecule has 2 nitrogen and oxygen atoms in total. The predicted octanol–water partition coefficient (Wildman–Crippen LogP) is 3.57. The SMILES string of the molecule is COC(C(=O)c1cccc(C)c1)c1ccccc1. The monoisotopic (exact) mass is 240 g/mol. The molecule has 0 spiro atoms. The third-order valence-electron chi connectivity index (χ3n) is 2.88. The van der Waals surface area contributed by atoms with E-state index in [4.69, 9.17) is 4.74 Å². The normalized spacial score (nSPS) is 12.1. The van der Waals surface area contributed by atoms with Gasteiger partial charge >= 0.3 is 0 Å². The molecule has 2 aromatic rings. The van der Waals surface area contributed by atoms with Crippen molar-refractivity contribution >= 4 is 5.78 Å². The van der Waals surface area contributed by atoms with Crippen LogP contribution >= 0.6 is 0 Å². The molecule has 2 aromatic carbocycles. The average Bonchev–Trinajstić information content (AvgIpc) is 2.41. The summed E-state index contributed by atoms with van der Waals surface area (Å²) in [6, 6.07) is 17.1. The Morgan fingerprint density at radius 3 is 2.39 bits per heavy atom. The van der Waals surface area contributed by atoms with Gasteiger partial charge in [0, 0.05) is 12.7 Å². The Morgan fingerprint density at radius 1 is 1.06 bits per heavy atom. The molecular weight excluding hydrogens is 224 g/mol. The molecule has 0 aliphatic heterocycles. The lowest BCUT2D eigenvalue weighted by Crippen LogP contribution is -2.14. The van der Waals surface area contributed by atoms with Gasteiger partial charge in [-0.3, -0.25) is 4.79 Å². The van der Waals surface area contributed by atoms with Gasteiger partial charge in [-0.05, 0) is 18.6 Å². The van der Waals surface area contributed by atoms with Crippen LogP contribution in [0.5, 0.6) is 0 Å². The van der Waals surface area contributed by atoms with Gasteiger partial charge in [-0.15, -0.1) is 0 Å². The maximum Gasteiger partial charge on any atom is 0.196 e. The first-order valence-corrected chi connectivity index (χ1v) is 5.91. The lowest BCUT2D eigenvalue weighted by atomic mass is 9.99. The number of benzene rings is 2. The molecule has 92 valence electrons. The largest absolute Gasteiger partial charge is 0.369 e. The summed E-state index contributed by atoms with van der Waals surface area (Å²) < 4.78 is 5.34. The number of aryl methyl sites for hydroxylation is 1. The molecule has 0 aliphatic rings. The molecule has 2 heteroatoms. The van der Waals surface area contributed by atoms with Crippen LogP contribution in [0.3, 0.4) is 0 Å². The van der Waals surface area contributed by atoms with Gasteiger partial charge in [0.15, 0.2) is 5.78 Å². The van der Waals surface area contributed by atoms with Crippen LogP contribution in [-0.4, -0.2) is 12.9 Å². The first-order chi connectivity index (χ1) is 8.72. The zero-order valence-electron chi connectivity index (χ0n) is 10.6. The van der Waals surface area contributed by atoms with Crippen LogP contribution in [-0.2, 0) is 4.74 Å².